The van der Waals surface area contributed by atoms with E-state index in [0.717, 1.165) is 10.5 Å². The first kappa shape index (κ1) is 7.75. The van der Waals surface area contributed by atoms with Crippen molar-refractivity contribution in [2.75, 3.05) is 7.11 Å². The van der Waals surface area contributed by atoms with E-state index in [1.807, 2.05) is 22.6 Å². The van der Waals surface area contributed by atoms with Crippen LogP contribution < -0.4 is 4.74 Å². The molecule has 14 heavy (non-hydrogen) atoms. The number of para-hydroxylation sites is 1. The highest BCUT2D eigenvalue weighted by atomic mass is 32.1. The van der Waals surface area contributed by atoms with Crippen molar-refractivity contribution in [3.63, 3.8) is 0 Å². The average Bonchev–Trinajstić information content (AvgIpc) is 2.75. The number of fused-ring (bicyclic) bond motifs is 3. The van der Waals surface area contributed by atoms with Crippen molar-refractivity contribution < 1.29 is 4.74 Å². The number of hydrogen-bond donors (Lipinski definition) is 0. The van der Waals surface area contributed by atoms with Gasteiger partial charge in [0.05, 0.1) is 17.3 Å². The first-order valence-corrected chi connectivity index (χ1v) is 4.98. The molecule has 0 fully saturated rings. The van der Waals surface area contributed by atoms with Gasteiger partial charge in [-0.2, -0.15) is 0 Å². The van der Waals surface area contributed by atoms with Gasteiger partial charge in [0.25, 0.3) is 0 Å². The number of ether oxygens (including phenoxy) is 1. The maximum atomic E-state index is 5.13. The fraction of sp³-hybridized carbons (Fsp3) is 0.111. The minimum atomic E-state index is 0.539. The van der Waals surface area contributed by atoms with Gasteiger partial charge in [-0.05, 0) is 12.1 Å². The second-order valence-electron chi connectivity index (χ2n) is 2.87. The molecule has 0 radical (unpaired) electrons. The summed E-state index contributed by atoms with van der Waals surface area (Å²) < 4.78 is 8.24. The van der Waals surface area contributed by atoms with Crippen LogP contribution in [0.2, 0.25) is 0 Å². The largest absolute Gasteiger partial charge is 0.467 e. The number of methoxy groups -OCH3 is 1. The second kappa shape index (κ2) is 2.68. The van der Waals surface area contributed by atoms with Crippen LogP contribution in [0.15, 0.2) is 24.3 Å². The molecule has 0 aliphatic carbocycles. The zero-order chi connectivity index (χ0) is 9.54. The number of thiazole rings is 1. The van der Waals surface area contributed by atoms with E-state index in [4.69, 9.17) is 4.74 Å². The molecule has 4 nitrogen and oxygen atoms in total. The molecule has 70 valence electrons. The Morgan fingerprint density at radius 3 is 3.00 bits per heavy atom. The zero-order valence-corrected chi connectivity index (χ0v) is 8.28. The van der Waals surface area contributed by atoms with E-state index in [-0.39, 0.29) is 0 Å². The molecule has 0 bridgehead atoms. The highest BCUT2D eigenvalue weighted by Gasteiger charge is 2.11. The Labute approximate surface area is 83.8 Å². The molecule has 2 heterocycles. The average molecular weight is 205 g/mol. The molecule has 0 amide bonds. The van der Waals surface area contributed by atoms with Crippen LogP contribution in [0, 0.1) is 0 Å². The molecule has 5 heteroatoms. The number of hydrogen-bond acceptors (Lipinski definition) is 4. The monoisotopic (exact) mass is 205 g/mol. The van der Waals surface area contributed by atoms with Crippen LogP contribution in [-0.2, 0) is 0 Å². The molecule has 2 aromatic heterocycles. The molecular formula is C9H7N3OS. The van der Waals surface area contributed by atoms with E-state index in [1.165, 1.54) is 4.70 Å². The van der Waals surface area contributed by atoms with E-state index in [2.05, 4.69) is 16.3 Å². The van der Waals surface area contributed by atoms with Gasteiger partial charge in [0.2, 0.25) is 4.96 Å². The summed E-state index contributed by atoms with van der Waals surface area (Å²) >= 11 is 1.61. The van der Waals surface area contributed by atoms with Crippen LogP contribution in [-0.4, -0.2) is 21.7 Å². The highest BCUT2D eigenvalue weighted by molar-refractivity contribution is 7.23. The van der Waals surface area contributed by atoms with E-state index in [1.54, 1.807) is 18.4 Å². The Morgan fingerprint density at radius 2 is 2.14 bits per heavy atom. The van der Waals surface area contributed by atoms with Crippen LogP contribution in [0.3, 0.4) is 0 Å². The van der Waals surface area contributed by atoms with E-state index in [0.29, 0.717) is 6.01 Å². The van der Waals surface area contributed by atoms with Gasteiger partial charge in [-0.1, -0.05) is 28.6 Å². The lowest BCUT2D eigenvalue weighted by atomic mass is 10.3. The van der Waals surface area contributed by atoms with Crippen molar-refractivity contribution in [3.8, 4) is 6.01 Å². The van der Waals surface area contributed by atoms with Crippen molar-refractivity contribution >= 4 is 26.5 Å². The number of nitrogens with zero attached hydrogens (tertiary/aromatic N) is 3. The molecular weight excluding hydrogens is 198 g/mol. The van der Waals surface area contributed by atoms with E-state index >= 15 is 0 Å². The van der Waals surface area contributed by atoms with Crippen molar-refractivity contribution in [1.29, 1.82) is 0 Å². The zero-order valence-electron chi connectivity index (χ0n) is 7.47. The van der Waals surface area contributed by atoms with Crippen molar-refractivity contribution in [3.05, 3.63) is 24.3 Å². The third kappa shape index (κ3) is 0.871. The van der Waals surface area contributed by atoms with Gasteiger partial charge in [0.1, 0.15) is 0 Å². The summed E-state index contributed by atoms with van der Waals surface area (Å²) in [6, 6.07) is 8.64. The summed E-state index contributed by atoms with van der Waals surface area (Å²) in [7, 11) is 1.60. The summed E-state index contributed by atoms with van der Waals surface area (Å²) in [4.78, 5) is 0.864. The maximum absolute atomic E-state index is 5.13. The quantitative estimate of drug-likeness (QED) is 0.609. The van der Waals surface area contributed by atoms with Crippen molar-refractivity contribution in [2.24, 2.45) is 0 Å². The first-order chi connectivity index (χ1) is 6.90. The molecule has 3 aromatic rings. The number of rotatable bonds is 1. The van der Waals surface area contributed by atoms with Gasteiger partial charge >= 0.3 is 6.01 Å². The van der Waals surface area contributed by atoms with Crippen molar-refractivity contribution in [1.82, 2.24) is 14.6 Å². The van der Waals surface area contributed by atoms with Crippen molar-refractivity contribution in [2.45, 2.75) is 0 Å². The van der Waals surface area contributed by atoms with Crippen LogP contribution >= 0.6 is 11.3 Å². The minimum absolute atomic E-state index is 0.539. The predicted octanol–water partition coefficient (Wildman–Crippen LogP) is 1.95. The van der Waals surface area contributed by atoms with Crippen LogP contribution in [0.1, 0.15) is 0 Å². The van der Waals surface area contributed by atoms with Gasteiger partial charge < -0.3 is 4.74 Å². The third-order valence-electron chi connectivity index (χ3n) is 2.09. The van der Waals surface area contributed by atoms with Crippen LogP contribution in [0.5, 0.6) is 6.01 Å². The highest BCUT2D eigenvalue weighted by Crippen LogP contribution is 2.27. The Bertz CT molecular complexity index is 598. The van der Waals surface area contributed by atoms with Gasteiger partial charge in [-0.25, -0.2) is 4.40 Å². The molecule has 0 aliphatic heterocycles. The standard InChI is InChI=1S/C9H7N3OS/c1-13-8-10-11-9-12(8)6-4-2-3-5-7(6)14-9/h2-5H,1H3. The van der Waals surface area contributed by atoms with Crippen LogP contribution in [0.4, 0.5) is 0 Å². The SMILES string of the molecule is COc1nnc2sc3ccccc3n12. The summed E-state index contributed by atoms with van der Waals surface area (Å²) in [5.74, 6) is 0. The Balaban J connectivity index is 2.54. The smallest absolute Gasteiger partial charge is 0.322 e. The molecule has 1 aromatic carbocycles. The molecule has 0 saturated heterocycles. The van der Waals surface area contributed by atoms with Gasteiger partial charge in [-0.15, -0.1) is 5.10 Å². The van der Waals surface area contributed by atoms with Crippen LogP contribution in [0.25, 0.3) is 15.2 Å². The molecule has 3 rings (SSSR count). The predicted molar refractivity (Wildman–Crippen MR) is 54.9 cm³/mol. The van der Waals surface area contributed by atoms with E-state index < -0.39 is 0 Å². The third-order valence-corrected chi connectivity index (χ3v) is 3.11. The lowest BCUT2D eigenvalue weighted by Gasteiger charge is -1.94. The maximum Gasteiger partial charge on any atom is 0.322 e. The molecule has 0 atom stereocenters. The molecule has 0 N–H and O–H groups in total. The Hall–Kier alpha value is -1.62. The van der Waals surface area contributed by atoms with Gasteiger partial charge in [-0.3, -0.25) is 0 Å². The normalized spacial score (nSPS) is 11.2. The lowest BCUT2D eigenvalue weighted by molar-refractivity contribution is 0.377. The van der Waals surface area contributed by atoms with E-state index in [9.17, 15) is 0 Å². The van der Waals surface area contributed by atoms with Gasteiger partial charge in [0, 0.05) is 0 Å². The molecule has 0 saturated carbocycles. The number of benzene rings is 1. The van der Waals surface area contributed by atoms with Gasteiger partial charge in [0.15, 0.2) is 0 Å². The molecule has 0 unspecified atom stereocenters. The Morgan fingerprint density at radius 1 is 1.29 bits per heavy atom. The molecule has 0 spiro atoms. The molecule has 0 aliphatic rings. The minimum Gasteiger partial charge on any atom is -0.467 e. The lowest BCUT2D eigenvalue weighted by Crippen LogP contribution is -1.89. The second-order valence-corrected chi connectivity index (χ2v) is 3.88. The topological polar surface area (TPSA) is 39.4 Å². The summed E-state index contributed by atoms with van der Waals surface area (Å²) in [5.41, 5.74) is 1.09. The first-order valence-electron chi connectivity index (χ1n) is 4.17. The summed E-state index contributed by atoms with van der Waals surface area (Å²) in [6.07, 6.45) is 0. The summed E-state index contributed by atoms with van der Waals surface area (Å²) in [5, 5.41) is 7.96. The fourth-order valence-electron chi connectivity index (χ4n) is 1.49. The Kier molecular flexibility index (Phi) is 1.49. The summed E-state index contributed by atoms with van der Waals surface area (Å²) in [6.45, 7) is 0. The fourth-order valence-corrected chi connectivity index (χ4v) is 2.44. The number of aromatic nitrogens is 3.